The number of nitrogens with one attached hydrogen (secondary N) is 1. The molecule has 2 unspecified atom stereocenters. The summed E-state index contributed by atoms with van der Waals surface area (Å²) in [7, 11) is 0. The highest BCUT2D eigenvalue weighted by atomic mass is 32.1. The minimum atomic E-state index is 0.508. The summed E-state index contributed by atoms with van der Waals surface area (Å²) >= 11 is 1.87. The average Bonchev–Trinajstić information content (AvgIpc) is 3.01. The highest BCUT2D eigenvalue weighted by Gasteiger charge is 2.16. The van der Waals surface area contributed by atoms with Crippen LogP contribution in [0.15, 0.2) is 47.8 Å². The minimum Gasteiger partial charge on any atom is -0.306 e. The van der Waals surface area contributed by atoms with Crippen molar-refractivity contribution < 1.29 is 0 Å². The molecule has 2 aromatic rings. The maximum Gasteiger partial charge on any atom is 0.0416 e. The summed E-state index contributed by atoms with van der Waals surface area (Å²) in [5, 5.41) is 6.04. The molecule has 0 amide bonds. The molecule has 1 aromatic carbocycles. The standard InChI is InChI=1S/C18H25NS/c1-3-9-17(18-12-8-13-20-18)19-16(4-2)14-15-10-6-5-7-11-15/h5-8,10-13,16-17,19H,3-4,9,14H2,1-2H3. The van der Waals surface area contributed by atoms with Gasteiger partial charge in [0.15, 0.2) is 0 Å². The van der Waals surface area contributed by atoms with Gasteiger partial charge in [0.25, 0.3) is 0 Å². The van der Waals surface area contributed by atoms with E-state index in [9.17, 15) is 0 Å². The highest BCUT2D eigenvalue weighted by molar-refractivity contribution is 7.10. The lowest BCUT2D eigenvalue weighted by Gasteiger charge is -2.24. The van der Waals surface area contributed by atoms with Gasteiger partial charge >= 0.3 is 0 Å². The Morgan fingerprint density at radius 2 is 1.85 bits per heavy atom. The first-order valence-electron chi connectivity index (χ1n) is 7.66. The number of thiophene rings is 1. The van der Waals surface area contributed by atoms with Crippen LogP contribution in [-0.2, 0) is 6.42 Å². The summed E-state index contributed by atoms with van der Waals surface area (Å²) in [6.07, 6.45) is 4.71. The van der Waals surface area contributed by atoms with Crippen LogP contribution in [0.2, 0.25) is 0 Å². The molecule has 1 nitrogen and oxygen atoms in total. The van der Waals surface area contributed by atoms with Gasteiger partial charge in [-0.15, -0.1) is 11.3 Å². The number of rotatable bonds is 8. The molecule has 1 aromatic heterocycles. The molecule has 108 valence electrons. The maximum atomic E-state index is 3.87. The molecule has 0 fully saturated rings. The largest absolute Gasteiger partial charge is 0.306 e. The lowest BCUT2D eigenvalue weighted by atomic mass is 10.0. The van der Waals surface area contributed by atoms with Crippen LogP contribution >= 0.6 is 11.3 Å². The van der Waals surface area contributed by atoms with E-state index in [0.29, 0.717) is 12.1 Å². The second-order valence-corrected chi connectivity index (χ2v) is 6.30. The molecule has 0 aliphatic heterocycles. The molecule has 2 rings (SSSR count). The zero-order valence-electron chi connectivity index (χ0n) is 12.5. The van der Waals surface area contributed by atoms with Crippen LogP contribution in [0.4, 0.5) is 0 Å². The zero-order valence-corrected chi connectivity index (χ0v) is 13.3. The van der Waals surface area contributed by atoms with Crippen LogP contribution in [0.25, 0.3) is 0 Å². The van der Waals surface area contributed by atoms with Gasteiger partial charge in [0, 0.05) is 17.0 Å². The molecular formula is C18H25NS. The maximum absolute atomic E-state index is 3.87. The summed E-state index contributed by atoms with van der Waals surface area (Å²) in [6, 6.07) is 16.3. The Morgan fingerprint density at radius 3 is 2.45 bits per heavy atom. The van der Waals surface area contributed by atoms with Crippen LogP contribution < -0.4 is 5.32 Å². The van der Waals surface area contributed by atoms with E-state index in [1.807, 2.05) is 11.3 Å². The highest BCUT2D eigenvalue weighted by Crippen LogP contribution is 2.24. The van der Waals surface area contributed by atoms with Crippen LogP contribution in [0, 0.1) is 0 Å². The van der Waals surface area contributed by atoms with E-state index in [1.54, 1.807) is 0 Å². The Hall–Kier alpha value is -1.12. The molecule has 0 saturated carbocycles. The average molecular weight is 287 g/mol. The number of hydrogen-bond donors (Lipinski definition) is 1. The van der Waals surface area contributed by atoms with E-state index >= 15 is 0 Å². The van der Waals surface area contributed by atoms with Crippen LogP contribution in [0.3, 0.4) is 0 Å². The van der Waals surface area contributed by atoms with Gasteiger partial charge in [0.1, 0.15) is 0 Å². The molecule has 0 aliphatic carbocycles. The molecule has 1 heterocycles. The molecular weight excluding hydrogens is 262 g/mol. The van der Waals surface area contributed by atoms with Crippen LogP contribution in [-0.4, -0.2) is 6.04 Å². The van der Waals surface area contributed by atoms with Gasteiger partial charge < -0.3 is 5.32 Å². The third-order valence-electron chi connectivity index (χ3n) is 3.72. The van der Waals surface area contributed by atoms with Crippen molar-refractivity contribution in [2.75, 3.05) is 0 Å². The molecule has 2 heteroatoms. The Balaban J connectivity index is 2.00. The topological polar surface area (TPSA) is 12.0 Å². The van der Waals surface area contributed by atoms with E-state index in [1.165, 1.54) is 29.7 Å². The Bertz CT molecular complexity index is 463. The van der Waals surface area contributed by atoms with Crippen molar-refractivity contribution in [1.29, 1.82) is 0 Å². The summed E-state index contributed by atoms with van der Waals surface area (Å²) in [5.74, 6) is 0. The summed E-state index contributed by atoms with van der Waals surface area (Å²) in [6.45, 7) is 4.54. The molecule has 0 spiro atoms. The van der Waals surface area contributed by atoms with Crippen molar-refractivity contribution in [3.05, 3.63) is 58.3 Å². The molecule has 0 radical (unpaired) electrons. The summed E-state index contributed by atoms with van der Waals surface area (Å²) in [4.78, 5) is 1.47. The van der Waals surface area contributed by atoms with E-state index < -0.39 is 0 Å². The fourth-order valence-electron chi connectivity index (χ4n) is 2.59. The molecule has 0 aliphatic rings. The molecule has 20 heavy (non-hydrogen) atoms. The summed E-state index contributed by atoms with van der Waals surface area (Å²) < 4.78 is 0. The third-order valence-corrected chi connectivity index (χ3v) is 4.70. The Kier molecular flexibility index (Phi) is 6.28. The first-order chi connectivity index (χ1) is 9.83. The lowest BCUT2D eigenvalue weighted by molar-refractivity contribution is 0.406. The summed E-state index contributed by atoms with van der Waals surface area (Å²) in [5.41, 5.74) is 1.42. The van der Waals surface area contributed by atoms with Crippen molar-refractivity contribution in [3.63, 3.8) is 0 Å². The van der Waals surface area contributed by atoms with Crippen molar-refractivity contribution >= 4 is 11.3 Å². The van der Waals surface area contributed by atoms with Crippen LogP contribution in [0.5, 0.6) is 0 Å². The van der Waals surface area contributed by atoms with E-state index in [-0.39, 0.29) is 0 Å². The number of benzene rings is 1. The molecule has 0 saturated heterocycles. The first kappa shape index (κ1) is 15.3. The molecule has 1 N–H and O–H groups in total. The van der Waals surface area contributed by atoms with Crippen molar-refractivity contribution in [2.24, 2.45) is 0 Å². The van der Waals surface area contributed by atoms with Crippen molar-refractivity contribution in [1.82, 2.24) is 5.32 Å². The smallest absolute Gasteiger partial charge is 0.0416 e. The SMILES string of the molecule is CCCC(NC(CC)Cc1ccccc1)c1cccs1. The number of hydrogen-bond acceptors (Lipinski definition) is 2. The van der Waals surface area contributed by atoms with Gasteiger partial charge in [-0.1, -0.05) is 56.7 Å². The Labute approximate surface area is 127 Å². The van der Waals surface area contributed by atoms with Gasteiger partial charge in [-0.05, 0) is 36.3 Å². The second-order valence-electron chi connectivity index (χ2n) is 5.32. The van der Waals surface area contributed by atoms with Gasteiger partial charge in [0.05, 0.1) is 0 Å². The Morgan fingerprint density at radius 1 is 1.05 bits per heavy atom. The quantitative estimate of drug-likeness (QED) is 0.703. The fourth-order valence-corrected chi connectivity index (χ4v) is 3.41. The van der Waals surface area contributed by atoms with E-state index in [4.69, 9.17) is 0 Å². The molecule has 2 atom stereocenters. The van der Waals surface area contributed by atoms with E-state index in [2.05, 4.69) is 67.0 Å². The normalized spacial score (nSPS) is 14.1. The predicted octanol–water partition coefficient (Wildman–Crippen LogP) is 5.20. The lowest BCUT2D eigenvalue weighted by Crippen LogP contribution is -2.33. The van der Waals surface area contributed by atoms with Gasteiger partial charge in [-0.25, -0.2) is 0 Å². The monoisotopic (exact) mass is 287 g/mol. The fraction of sp³-hybridized carbons (Fsp3) is 0.444. The zero-order chi connectivity index (χ0) is 14.2. The van der Waals surface area contributed by atoms with Crippen molar-refractivity contribution in [3.8, 4) is 0 Å². The van der Waals surface area contributed by atoms with Gasteiger partial charge in [-0.2, -0.15) is 0 Å². The van der Waals surface area contributed by atoms with Crippen molar-refractivity contribution in [2.45, 2.75) is 51.6 Å². The minimum absolute atomic E-state index is 0.508. The first-order valence-corrected chi connectivity index (χ1v) is 8.54. The third kappa shape index (κ3) is 4.46. The second kappa shape index (κ2) is 8.23. The van der Waals surface area contributed by atoms with Gasteiger partial charge in [0.2, 0.25) is 0 Å². The molecule has 0 bridgehead atoms. The van der Waals surface area contributed by atoms with Gasteiger partial charge in [-0.3, -0.25) is 0 Å². The van der Waals surface area contributed by atoms with Crippen LogP contribution in [0.1, 0.15) is 49.6 Å². The van der Waals surface area contributed by atoms with E-state index in [0.717, 1.165) is 6.42 Å². The predicted molar refractivity (Wildman–Crippen MR) is 89.3 cm³/mol.